The number of H-pyrrole nitrogens is 1. The lowest BCUT2D eigenvalue weighted by Gasteiger charge is -2.22. The summed E-state index contributed by atoms with van der Waals surface area (Å²) in [5.74, 6) is 1.51. The van der Waals surface area contributed by atoms with Crippen LogP contribution in [0.2, 0.25) is 0 Å². The van der Waals surface area contributed by atoms with Gasteiger partial charge < -0.3 is 4.98 Å². The quantitative estimate of drug-likeness (QED) is 0.878. The van der Waals surface area contributed by atoms with Gasteiger partial charge in [-0.15, -0.1) is 0 Å². The molecule has 3 heteroatoms. The molecule has 0 fully saturated rings. The molecule has 92 valence electrons. The van der Waals surface area contributed by atoms with Crippen LogP contribution in [-0.4, -0.2) is 16.2 Å². The maximum Gasteiger partial charge on any atom is 0.109 e. The molecule has 1 N–H and O–H groups in total. The van der Waals surface area contributed by atoms with E-state index in [-0.39, 0.29) is 4.75 Å². The van der Waals surface area contributed by atoms with Crippen LogP contribution in [0.5, 0.6) is 0 Å². The van der Waals surface area contributed by atoms with Crippen molar-refractivity contribution in [2.45, 2.75) is 38.4 Å². The normalized spacial score (nSPS) is 12.6. The van der Waals surface area contributed by atoms with Crippen LogP contribution in [0.15, 0.2) is 18.2 Å². The summed E-state index contributed by atoms with van der Waals surface area (Å²) in [5, 5.41) is 0. The average molecular weight is 248 g/mol. The summed E-state index contributed by atoms with van der Waals surface area (Å²) in [5.41, 5.74) is 3.55. The van der Waals surface area contributed by atoms with Crippen molar-refractivity contribution in [3.63, 3.8) is 0 Å². The molecule has 0 spiro atoms. The fourth-order valence-corrected chi connectivity index (χ4v) is 2.16. The number of rotatable bonds is 3. The van der Waals surface area contributed by atoms with Crippen molar-refractivity contribution in [3.05, 3.63) is 29.6 Å². The minimum Gasteiger partial charge on any atom is -0.342 e. The van der Waals surface area contributed by atoms with Crippen LogP contribution in [0, 0.1) is 0 Å². The predicted octanol–water partition coefficient (Wildman–Crippen LogP) is 4.28. The fraction of sp³-hybridized carbons (Fsp3) is 0.500. The second-order valence-electron chi connectivity index (χ2n) is 5.22. The predicted molar refractivity (Wildman–Crippen MR) is 76.7 cm³/mol. The molecular formula is C14H20N2S. The third-order valence-electron chi connectivity index (χ3n) is 3.25. The van der Waals surface area contributed by atoms with Gasteiger partial charge >= 0.3 is 0 Å². The molecule has 0 radical (unpaired) electrons. The third-order valence-corrected chi connectivity index (χ3v) is 4.51. The van der Waals surface area contributed by atoms with E-state index in [2.05, 4.69) is 62.1 Å². The molecule has 0 amide bonds. The van der Waals surface area contributed by atoms with Crippen molar-refractivity contribution in [2.24, 2.45) is 0 Å². The minimum atomic E-state index is 0.150. The standard InChI is InChI=1S/C14H20N2S/c1-9(2)13-15-11-7-6-10(8-12(11)16-13)14(3,4)17-5/h6-9H,1-5H3,(H,15,16). The zero-order chi connectivity index (χ0) is 12.6. The maximum atomic E-state index is 4.60. The second kappa shape index (κ2) is 4.37. The van der Waals surface area contributed by atoms with Crippen molar-refractivity contribution >= 4 is 22.8 Å². The number of benzene rings is 1. The molecule has 0 aliphatic carbocycles. The molecule has 0 aliphatic heterocycles. The van der Waals surface area contributed by atoms with Crippen LogP contribution in [0.1, 0.15) is 45.0 Å². The number of nitrogens with zero attached hydrogens (tertiary/aromatic N) is 1. The Kier molecular flexibility index (Phi) is 3.21. The topological polar surface area (TPSA) is 28.7 Å². The molecule has 2 nitrogen and oxygen atoms in total. The molecule has 2 aromatic rings. The van der Waals surface area contributed by atoms with E-state index in [4.69, 9.17) is 0 Å². The van der Waals surface area contributed by atoms with Gasteiger partial charge in [-0.3, -0.25) is 0 Å². The molecule has 0 bridgehead atoms. The van der Waals surface area contributed by atoms with E-state index in [1.54, 1.807) is 0 Å². The number of nitrogens with one attached hydrogen (secondary N) is 1. The molecule has 0 saturated carbocycles. The highest BCUT2D eigenvalue weighted by Crippen LogP contribution is 2.34. The Morgan fingerprint density at radius 1 is 1.29 bits per heavy atom. The largest absolute Gasteiger partial charge is 0.342 e. The summed E-state index contributed by atoms with van der Waals surface area (Å²) in [6, 6.07) is 6.53. The molecule has 0 unspecified atom stereocenters. The monoisotopic (exact) mass is 248 g/mol. The first kappa shape index (κ1) is 12.5. The van der Waals surface area contributed by atoms with Crippen LogP contribution in [0.4, 0.5) is 0 Å². The van der Waals surface area contributed by atoms with Gasteiger partial charge in [-0.1, -0.05) is 19.9 Å². The molecule has 1 heterocycles. The summed E-state index contributed by atoms with van der Waals surface area (Å²) in [6.07, 6.45) is 2.15. The lowest BCUT2D eigenvalue weighted by Crippen LogP contribution is -2.10. The lowest BCUT2D eigenvalue weighted by molar-refractivity contribution is 0.786. The van der Waals surface area contributed by atoms with E-state index in [9.17, 15) is 0 Å². The Morgan fingerprint density at radius 3 is 2.59 bits per heavy atom. The summed E-state index contributed by atoms with van der Waals surface area (Å²) >= 11 is 1.87. The Balaban J connectivity index is 2.50. The van der Waals surface area contributed by atoms with Crippen LogP contribution in [0.3, 0.4) is 0 Å². The molecule has 0 saturated heterocycles. The Hall–Kier alpha value is -0.960. The average Bonchev–Trinajstić information content (AvgIpc) is 2.71. The summed E-state index contributed by atoms with van der Waals surface area (Å²) < 4.78 is 0.150. The van der Waals surface area contributed by atoms with Crippen molar-refractivity contribution in [1.82, 2.24) is 9.97 Å². The molecule has 17 heavy (non-hydrogen) atoms. The van der Waals surface area contributed by atoms with Gasteiger partial charge in [-0.05, 0) is 37.8 Å². The first-order valence-corrected chi connectivity index (χ1v) is 7.22. The van der Waals surface area contributed by atoms with Crippen LogP contribution in [-0.2, 0) is 4.75 Å². The lowest BCUT2D eigenvalue weighted by atomic mass is 10.0. The highest BCUT2D eigenvalue weighted by atomic mass is 32.2. The van der Waals surface area contributed by atoms with Gasteiger partial charge in [0.2, 0.25) is 0 Å². The zero-order valence-corrected chi connectivity index (χ0v) is 12.0. The number of hydrogen-bond acceptors (Lipinski definition) is 2. The molecule has 0 aliphatic rings. The smallest absolute Gasteiger partial charge is 0.109 e. The number of fused-ring (bicyclic) bond motifs is 1. The first-order valence-electron chi connectivity index (χ1n) is 5.99. The van der Waals surface area contributed by atoms with Gasteiger partial charge in [0.1, 0.15) is 5.82 Å². The van der Waals surface area contributed by atoms with E-state index >= 15 is 0 Å². The van der Waals surface area contributed by atoms with Crippen molar-refractivity contribution in [3.8, 4) is 0 Å². The fourth-order valence-electron chi connectivity index (χ4n) is 1.80. The number of aromatic nitrogens is 2. The maximum absolute atomic E-state index is 4.60. The number of aromatic amines is 1. The minimum absolute atomic E-state index is 0.150. The Labute approximate surface area is 107 Å². The third kappa shape index (κ3) is 2.34. The zero-order valence-electron chi connectivity index (χ0n) is 11.2. The van der Waals surface area contributed by atoms with E-state index in [0.717, 1.165) is 16.9 Å². The Bertz CT molecular complexity index is 526. The van der Waals surface area contributed by atoms with Crippen LogP contribution in [0.25, 0.3) is 11.0 Å². The highest BCUT2D eigenvalue weighted by Gasteiger charge is 2.19. The summed E-state index contributed by atoms with van der Waals surface area (Å²) in [6.45, 7) is 8.81. The van der Waals surface area contributed by atoms with Gasteiger partial charge in [0.05, 0.1) is 11.0 Å². The molecule has 1 aromatic carbocycles. The molecule has 1 aromatic heterocycles. The van der Waals surface area contributed by atoms with Gasteiger partial charge in [0, 0.05) is 10.7 Å². The van der Waals surface area contributed by atoms with E-state index in [1.807, 2.05) is 11.8 Å². The van der Waals surface area contributed by atoms with Crippen LogP contribution >= 0.6 is 11.8 Å². The van der Waals surface area contributed by atoms with Gasteiger partial charge in [0.25, 0.3) is 0 Å². The van der Waals surface area contributed by atoms with Gasteiger partial charge in [-0.2, -0.15) is 11.8 Å². The number of hydrogen-bond donors (Lipinski definition) is 1. The SMILES string of the molecule is CSC(C)(C)c1ccc2nc(C(C)C)[nH]c2c1. The highest BCUT2D eigenvalue weighted by molar-refractivity contribution is 7.99. The number of thioether (sulfide) groups is 1. The van der Waals surface area contributed by atoms with E-state index in [0.29, 0.717) is 5.92 Å². The Morgan fingerprint density at radius 2 is 2.00 bits per heavy atom. The summed E-state index contributed by atoms with van der Waals surface area (Å²) in [4.78, 5) is 8.01. The van der Waals surface area contributed by atoms with Crippen molar-refractivity contribution in [1.29, 1.82) is 0 Å². The molecule has 0 atom stereocenters. The van der Waals surface area contributed by atoms with E-state index in [1.165, 1.54) is 5.56 Å². The second-order valence-corrected chi connectivity index (χ2v) is 6.65. The molecule has 2 rings (SSSR count). The van der Waals surface area contributed by atoms with Crippen LogP contribution < -0.4 is 0 Å². The summed E-state index contributed by atoms with van der Waals surface area (Å²) in [7, 11) is 0. The van der Waals surface area contributed by atoms with Crippen molar-refractivity contribution < 1.29 is 0 Å². The van der Waals surface area contributed by atoms with Gasteiger partial charge in [0.15, 0.2) is 0 Å². The van der Waals surface area contributed by atoms with Gasteiger partial charge in [-0.25, -0.2) is 4.98 Å². The van der Waals surface area contributed by atoms with Crippen molar-refractivity contribution in [2.75, 3.05) is 6.26 Å². The first-order chi connectivity index (χ1) is 7.94. The number of imidazole rings is 1. The van der Waals surface area contributed by atoms with E-state index < -0.39 is 0 Å². The molecular weight excluding hydrogens is 228 g/mol.